The summed E-state index contributed by atoms with van der Waals surface area (Å²) in [6.07, 6.45) is 0.921. The zero-order valence-electron chi connectivity index (χ0n) is 13.0. The number of hydrogen-bond donors (Lipinski definition) is 4. The molecule has 0 amide bonds. The highest BCUT2D eigenvalue weighted by molar-refractivity contribution is 5.89. The van der Waals surface area contributed by atoms with Crippen LogP contribution in [0.2, 0.25) is 0 Å². The third kappa shape index (κ3) is 5.28. The maximum atomic E-state index is 11.8. The van der Waals surface area contributed by atoms with Crippen molar-refractivity contribution in [1.29, 1.82) is 0 Å². The van der Waals surface area contributed by atoms with Gasteiger partial charge >= 0.3 is 11.9 Å². The van der Waals surface area contributed by atoms with Crippen molar-refractivity contribution in [2.45, 2.75) is 12.5 Å². The lowest BCUT2D eigenvalue weighted by atomic mass is 10.1. The van der Waals surface area contributed by atoms with Crippen molar-refractivity contribution in [2.75, 3.05) is 0 Å². The number of phenols is 3. The number of phenolic OH excluding ortho intramolecular Hbond substituents is 3. The normalized spacial score (nSPS) is 12.0. The molecule has 7 nitrogen and oxygen atoms in total. The maximum Gasteiger partial charge on any atom is 0.345 e. The standard InChI is InChI=1S/C18H16O7/c19-13-5-1-12(2-6-13)10-16(18(23)24)25-17(22)8-4-11-3-7-14(20)15(21)9-11/h1-9,16,19-21H,10H2,(H,23,24)/t16-/m0/s1. The topological polar surface area (TPSA) is 124 Å². The van der Waals surface area contributed by atoms with Crippen LogP contribution in [0.4, 0.5) is 0 Å². The molecule has 2 rings (SSSR count). The van der Waals surface area contributed by atoms with Crippen molar-refractivity contribution in [3.63, 3.8) is 0 Å². The number of aromatic hydroxyl groups is 3. The molecular weight excluding hydrogens is 328 g/mol. The summed E-state index contributed by atoms with van der Waals surface area (Å²) in [5.41, 5.74) is 1.02. The Kier molecular flexibility index (Phi) is 5.62. The van der Waals surface area contributed by atoms with Gasteiger partial charge in [-0.3, -0.25) is 0 Å². The summed E-state index contributed by atoms with van der Waals surface area (Å²) in [5.74, 6) is -2.74. The molecule has 7 heteroatoms. The smallest absolute Gasteiger partial charge is 0.345 e. The largest absolute Gasteiger partial charge is 0.508 e. The van der Waals surface area contributed by atoms with Gasteiger partial charge in [-0.2, -0.15) is 0 Å². The van der Waals surface area contributed by atoms with E-state index in [9.17, 15) is 30.0 Å². The molecule has 1 atom stereocenters. The van der Waals surface area contributed by atoms with Gasteiger partial charge in [-0.25, -0.2) is 9.59 Å². The van der Waals surface area contributed by atoms with Gasteiger partial charge in [-0.15, -0.1) is 0 Å². The Balaban J connectivity index is 2.01. The molecule has 0 saturated carbocycles. The van der Waals surface area contributed by atoms with Gasteiger partial charge < -0.3 is 25.2 Å². The molecule has 2 aromatic rings. The van der Waals surface area contributed by atoms with Gasteiger partial charge in [0.25, 0.3) is 0 Å². The van der Waals surface area contributed by atoms with Crippen molar-refractivity contribution in [1.82, 2.24) is 0 Å². The summed E-state index contributed by atoms with van der Waals surface area (Å²) in [5, 5.41) is 37.0. The third-order valence-corrected chi connectivity index (χ3v) is 3.30. The SMILES string of the molecule is O=C(C=Cc1ccc(O)c(O)c1)O[C@@H](Cc1ccc(O)cc1)C(=O)O. The number of aliphatic carboxylic acids is 1. The highest BCUT2D eigenvalue weighted by Crippen LogP contribution is 2.25. The number of carbonyl (C=O) groups excluding carboxylic acids is 1. The predicted molar refractivity (Wildman–Crippen MR) is 88.1 cm³/mol. The summed E-state index contributed by atoms with van der Waals surface area (Å²) in [7, 11) is 0. The second-order valence-corrected chi connectivity index (χ2v) is 5.22. The van der Waals surface area contributed by atoms with Crippen molar-refractivity contribution in [2.24, 2.45) is 0 Å². The lowest BCUT2D eigenvalue weighted by molar-refractivity contribution is -0.160. The first-order chi connectivity index (χ1) is 11.8. The van der Waals surface area contributed by atoms with Crippen molar-refractivity contribution in [3.8, 4) is 17.2 Å². The van der Waals surface area contributed by atoms with E-state index in [1.807, 2.05) is 0 Å². The van der Waals surface area contributed by atoms with Crippen molar-refractivity contribution < 1.29 is 34.8 Å². The molecule has 4 N–H and O–H groups in total. The Morgan fingerprint density at radius 2 is 1.68 bits per heavy atom. The Bertz CT molecular complexity index is 794. The summed E-state index contributed by atoms with van der Waals surface area (Å²) >= 11 is 0. The van der Waals surface area contributed by atoms with Crippen LogP contribution in [0.15, 0.2) is 48.5 Å². The average Bonchev–Trinajstić information content (AvgIpc) is 2.57. The number of esters is 1. The fraction of sp³-hybridized carbons (Fsp3) is 0.111. The molecule has 0 bridgehead atoms. The van der Waals surface area contributed by atoms with Crippen LogP contribution in [0.1, 0.15) is 11.1 Å². The fourth-order valence-corrected chi connectivity index (χ4v) is 2.01. The van der Waals surface area contributed by atoms with E-state index < -0.39 is 18.0 Å². The van der Waals surface area contributed by atoms with Crippen LogP contribution >= 0.6 is 0 Å². The number of carboxylic acids is 1. The molecule has 0 aliphatic rings. The summed E-state index contributed by atoms with van der Waals surface area (Å²) < 4.78 is 4.92. The van der Waals surface area contributed by atoms with Crippen LogP contribution in [-0.2, 0) is 20.7 Å². The number of hydrogen-bond acceptors (Lipinski definition) is 6. The highest BCUT2D eigenvalue weighted by Gasteiger charge is 2.21. The third-order valence-electron chi connectivity index (χ3n) is 3.30. The van der Waals surface area contributed by atoms with E-state index in [1.165, 1.54) is 48.5 Å². The van der Waals surface area contributed by atoms with Gasteiger partial charge in [-0.1, -0.05) is 18.2 Å². The lowest BCUT2D eigenvalue weighted by Gasteiger charge is -2.12. The van der Waals surface area contributed by atoms with Gasteiger partial charge in [0.2, 0.25) is 6.10 Å². The Hall–Kier alpha value is -3.48. The van der Waals surface area contributed by atoms with E-state index in [0.717, 1.165) is 6.08 Å². The number of ether oxygens (including phenoxy) is 1. The molecule has 0 saturated heterocycles. The quantitative estimate of drug-likeness (QED) is 0.359. The summed E-state index contributed by atoms with van der Waals surface area (Å²) in [6.45, 7) is 0. The Morgan fingerprint density at radius 3 is 2.28 bits per heavy atom. The monoisotopic (exact) mass is 344 g/mol. The first-order valence-electron chi connectivity index (χ1n) is 7.26. The van der Waals surface area contributed by atoms with Gasteiger partial charge in [-0.05, 0) is 41.5 Å². The van der Waals surface area contributed by atoms with Crippen LogP contribution < -0.4 is 0 Å². The molecule has 130 valence electrons. The minimum atomic E-state index is -1.38. The molecule has 0 aromatic heterocycles. The summed E-state index contributed by atoms with van der Waals surface area (Å²) in [6, 6.07) is 9.85. The molecular formula is C18H16O7. The molecule has 0 aliphatic carbocycles. The van der Waals surface area contributed by atoms with E-state index in [-0.39, 0.29) is 23.7 Å². The molecule has 2 aromatic carbocycles. The van der Waals surface area contributed by atoms with Crippen molar-refractivity contribution in [3.05, 3.63) is 59.7 Å². The molecule has 0 fully saturated rings. The number of rotatable bonds is 6. The van der Waals surface area contributed by atoms with E-state index in [1.54, 1.807) is 0 Å². The van der Waals surface area contributed by atoms with Gasteiger partial charge in [0.15, 0.2) is 11.5 Å². The van der Waals surface area contributed by atoms with Crippen LogP contribution in [-0.4, -0.2) is 38.5 Å². The first-order valence-corrected chi connectivity index (χ1v) is 7.26. The van der Waals surface area contributed by atoms with E-state index >= 15 is 0 Å². The average molecular weight is 344 g/mol. The maximum absolute atomic E-state index is 11.8. The molecule has 0 spiro atoms. The van der Waals surface area contributed by atoms with Crippen LogP contribution in [0.3, 0.4) is 0 Å². The van der Waals surface area contributed by atoms with Gasteiger partial charge in [0.05, 0.1) is 0 Å². The van der Waals surface area contributed by atoms with Crippen LogP contribution in [0.25, 0.3) is 6.08 Å². The number of carboxylic acid groups (broad SMARTS) is 1. The minimum Gasteiger partial charge on any atom is -0.508 e. The second kappa shape index (κ2) is 7.87. The molecule has 0 heterocycles. The summed E-state index contributed by atoms with van der Waals surface area (Å²) in [4.78, 5) is 23.1. The minimum absolute atomic E-state index is 0.0464. The first kappa shape index (κ1) is 17.9. The zero-order valence-corrected chi connectivity index (χ0v) is 13.0. The Labute approximate surface area is 143 Å². The second-order valence-electron chi connectivity index (χ2n) is 5.22. The van der Waals surface area contributed by atoms with E-state index in [4.69, 9.17) is 4.74 Å². The fourth-order valence-electron chi connectivity index (χ4n) is 2.01. The Morgan fingerprint density at radius 1 is 1.00 bits per heavy atom. The lowest BCUT2D eigenvalue weighted by Crippen LogP contribution is -2.28. The van der Waals surface area contributed by atoms with Gasteiger partial charge in [0.1, 0.15) is 5.75 Å². The number of benzene rings is 2. The highest BCUT2D eigenvalue weighted by atomic mass is 16.6. The molecule has 25 heavy (non-hydrogen) atoms. The molecule has 0 radical (unpaired) electrons. The van der Waals surface area contributed by atoms with E-state index in [0.29, 0.717) is 11.1 Å². The van der Waals surface area contributed by atoms with Crippen LogP contribution in [0.5, 0.6) is 17.2 Å². The molecule has 0 unspecified atom stereocenters. The van der Waals surface area contributed by atoms with Crippen LogP contribution in [0, 0.1) is 0 Å². The van der Waals surface area contributed by atoms with Crippen molar-refractivity contribution >= 4 is 18.0 Å². The van der Waals surface area contributed by atoms with Gasteiger partial charge in [0, 0.05) is 12.5 Å². The predicted octanol–water partition coefficient (Wildman–Crippen LogP) is 2.06. The zero-order chi connectivity index (χ0) is 18.4. The van der Waals surface area contributed by atoms with E-state index in [2.05, 4.69) is 0 Å². The molecule has 0 aliphatic heterocycles. The number of carbonyl (C=O) groups is 2.